The Kier molecular flexibility index (Phi) is 5.65. The van der Waals surface area contributed by atoms with Gasteiger partial charge in [-0.15, -0.1) is 11.3 Å². The zero-order valence-corrected chi connectivity index (χ0v) is 17.7. The molecule has 1 atom stereocenters. The average molecular weight is 446 g/mol. The van der Waals surface area contributed by atoms with E-state index in [2.05, 4.69) is 15.4 Å². The molecule has 7 nitrogen and oxygen atoms in total. The van der Waals surface area contributed by atoms with Crippen molar-refractivity contribution in [3.8, 4) is 0 Å². The number of aromatic nitrogens is 3. The van der Waals surface area contributed by atoms with Gasteiger partial charge in [-0.3, -0.25) is 14.5 Å². The number of nitrogens with zero attached hydrogens (tertiary/aromatic N) is 4. The van der Waals surface area contributed by atoms with E-state index in [9.17, 15) is 9.18 Å². The molecule has 154 valence electrons. The Morgan fingerprint density at radius 2 is 2.23 bits per heavy atom. The lowest BCUT2D eigenvalue weighted by Crippen LogP contribution is -2.32. The summed E-state index contributed by atoms with van der Waals surface area (Å²) in [5.74, 6) is -0.371. The molecule has 3 heterocycles. The van der Waals surface area contributed by atoms with Gasteiger partial charge in [-0.2, -0.15) is 5.10 Å². The second-order valence-electron chi connectivity index (χ2n) is 6.53. The summed E-state index contributed by atoms with van der Waals surface area (Å²) in [5.41, 5.74) is 2.45. The molecule has 1 unspecified atom stereocenters. The molecule has 1 aliphatic rings. The van der Waals surface area contributed by atoms with Crippen LogP contribution in [0.3, 0.4) is 0 Å². The fourth-order valence-electron chi connectivity index (χ4n) is 3.21. The maximum atomic E-state index is 13.7. The Morgan fingerprint density at radius 3 is 2.87 bits per heavy atom. The van der Waals surface area contributed by atoms with Crippen LogP contribution in [0.4, 0.5) is 4.39 Å². The number of ether oxygens (including phenoxy) is 1. The molecule has 1 N–H and O–H groups in total. The Balaban J connectivity index is 1.92. The molecule has 10 heteroatoms. The summed E-state index contributed by atoms with van der Waals surface area (Å²) in [6, 6.07) is 5.37. The Morgan fingerprint density at radius 1 is 1.40 bits per heavy atom. The summed E-state index contributed by atoms with van der Waals surface area (Å²) in [4.78, 5) is 21.3. The standard InChI is InChI=1S/C20H17ClFN5O2S/c1-27-7-5-14(26-27)17-15(10-16(28)29-2)24-19(20-23-6-8-30-20)25-18(17)12-4-3-11(22)9-13(12)21/h3-9,18H,10H2,1-2H3,(H,24,25). The van der Waals surface area contributed by atoms with E-state index in [1.807, 2.05) is 11.4 Å². The molecular weight excluding hydrogens is 429 g/mol. The summed E-state index contributed by atoms with van der Waals surface area (Å²) < 4.78 is 20.2. The first-order valence-corrected chi connectivity index (χ1v) is 10.2. The number of aliphatic imine (C=N–C) groups is 1. The third-order valence-corrected chi connectivity index (χ3v) is 5.66. The molecule has 0 saturated carbocycles. The normalized spacial score (nSPS) is 16.3. The van der Waals surface area contributed by atoms with Crippen LogP contribution in [0.15, 0.2) is 52.7 Å². The number of thiazole rings is 1. The summed E-state index contributed by atoms with van der Waals surface area (Å²) in [5, 5.41) is 10.4. The predicted molar refractivity (Wildman–Crippen MR) is 113 cm³/mol. The Hall–Kier alpha value is -3.04. The second-order valence-corrected chi connectivity index (χ2v) is 7.83. The predicted octanol–water partition coefficient (Wildman–Crippen LogP) is 3.73. The molecule has 0 fully saturated rings. The van der Waals surface area contributed by atoms with E-state index in [0.717, 1.165) is 0 Å². The van der Waals surface area contributed by atoms with E-state index in [0.29, 0.717) is 33.4 Å². The molecule has 1 aromatic carbocycles. The summed E-state index contributed by atoms with van der Waals surface area (Å²) >= 11 is 7.80. The zero-order valence-electron chi connectivity index (χ0n) is 16.1. The number of halogens is 2. The average Bonchev–Trinajstić information content (AvgIpc) is 3.39. The summed E-state index contributed by atoms with van der Waals surface area (Å²) in [6.45, 7) is 0. The van der Waals surface area contributed by atoms with E-state index in [4.69, 9.17) is 21.3 Å². The number of carbonyl (C=O) groups excluding carboxylic acids is 1. The minimum Gasteiger partial charge on any atom is -0.469 e. The Bertz CT molecular complexity index is 1160. The zero-order chi connectivity index (χ0) is 21.3. The van der Waals surface area contributed by atoms with Crippen LogP contribution in [0.2, 0.25) is 5.02 Å². The number of benzene rings is 1. The number of carbonyl (C=O) groups is 1. The molecule has 0 spiro atoms. The molecule has 4 rings (SSSR count). The van der Waals surface area contributed by atoms with Crippen molar-refractivity contribution >= 4 is 40.3 Å². The fourth-order valence-corrected chi connectivity index (χ4v) is 4.07. The molecule has 0 radical (unpaired) electrons. The van der Waals surface area contributed by atoms with Gasteiger partial charge in [0.05, 0.1) is 19.2 Å². The first-order valence-electron chi connectivity index (χ1n) is 8.95. The first-order chi connectivity index (χ1) is 14.5. The monoisotopic (exact) mass is 445 g/mol. The van der Waals surface area contributed by atoms with E-state index in [1.54, 1.807) is 30.2 Å². The van der Waals surface area contributed by atoms with Gasteiger partial charge in [0, 0.05) is 46.7 Å². The lowest BCUT2D eigenvalue weighted by Gasteiger charge is -2.27. The number of amidine groups is 1. The van der Waals surface area contributed by atoms with Crippen molar-refractivity contribution in [2.75, 3.05) is 7.11 Å². The van der Waals surface area contributed by atoms with Crippen molar-refractivity contribution in [1.82, 2.24) is 20.1 Å². The topological polar surface area (TPSA) is 81.4 Å². The third kappa shape index (κ3) is 3.99. The number of methoxy groups -OCH3 is 1. The van der Waals surface area contributed by atoms with Crippen LogP contribution in [0.5, 0.6) is 0 Å². The molecule has 3 aromatic rings. The quantitative estimate of drug-likeness (QED) is 0.605. The first kappa shape index (κ1) is 20.2. The number of hydrogen-bond donors (Lipinski definition) is 1. The molecular formula is C20H17ClFN5O2S. The number of aryl methyl sites for hydroxylation is 1. The molecule has 0 bridgehead atoms. The van der Waals surface area contributed by atoms with Crippen LogP contribution >= 0.6 is 22.9 Å². The van der Waals surface area contributed by atoms with Crippen LogP contribution in [-0.4, -0.2) is 33.7 Å². The van der Waals surface area contributed by atoms with Crippen molar-refractivity contribution in [1.29, 1.82) is 0 Å². The van der Waals surface area contributed by atoms with Crippen LogP contribution in [0.1, 0.15) is 28.7 Å². The van der Waals surface area contributed by atoms with Crippen molar-refractivity contribution in [2.24, 2.45) is 12.0 Å². The maximum Gasteiger partial charge on any atom is 0.311 e. The van der Waals surface area contributed by atoms with Gasteiger partial charge >= 0.3 is 5.97 Å². The van der Waals surface area contributed by atoms with E-state index >= 15 is 0 Å². The molecule has 0 saturated heterocycles. The van der Waals surface area contributed by atoms with Gasteiger partial charge in [-0.25, -0.2) is 9.37 Å². The highest BCUT2D eigenvalue weighted by molar-refractivity contribution is 7.11. The molecule has 1 aliphatic heterocycles. The van der Waals surface area contributed by atoms with Crippen LogP contribution < -0.4 is 5.32 Å². The van der Waals surface area contributed by atoms with E-state index < -0.39 is 17.8 Å². The Labute approximate surface area is 180 Å². The fraction of sp³-hybridized carbons (Fsp3) is 0.200. The van der Waals surface area contributed by atoms with E-state index in [1.165, 1.54) is 30.6 Å². The summed E-state index contributed by atoms with van der Waals surface area (Å²) in [6.07, 6.45) is 3.44. The van der Waals surface area contributed by atoms with Gasteiger partial charge in [0.25, 0.3) is 0 Å². The van der Waals surface area contributed by atoms with E-state index in [-0.39, 0.29) is 11.4 Å². The number of nitrogens with one attached hydrogen (secondary N) is 1. The lowest BCUT2D eigenvalue weighted by molar-refractivity contribution is -0.139. The number of esters is 1. The number of rotatable bonds is 5. The minimum absolute atomic E-state index is 0.0257. The minimum atomic E-state index is -0.618. The van der Waals surface area contributed by atoms with Gasteiger partial charge < -0.3 is 10.1 Å². The van der Waals surface area contributed by atoms with Gasteiger partial charge in [0.1, 0.15) is 11.9 Å². The number of hydrogen-bond acceptors (Lipinski definition) is 7. The molecule has 2 aromatic heterocycles. The highest BCUT2D eigenvalue weighted by Gasteiger charge is 2.32. The van der Waals surface area contributed by atoms with Crippen molar-refractivity contribution in [2.45, 2.75) is 12.5 Å². The van der Waals surface area contributed by atoms with Crippen LogP contribution in [-0.2, 0) is 16.6 Å². The maximum absolute atomic E-state index is 13.7. The third-order valence-electron chi connectivity index (χ3n) is 4.56. The molecule has 0 aliphatic carbocycles. The van der Waals surface area contributed by atoms with Crippen LogP contribution in [0, 0.1) is 5.82 Å². The molecule has 0 amide bonds. The SMILES string of the molecule is COC(=O)CC1=C(c2ccn(C)n2)C(c2ccc(F)cc2Cl)N=C(c2nccs2)N1. The van der Waals surface area contributed by atoms with Crippen molar-refractivity contribution < 1.29 is 13.9 Å². The molecule has 30 heavy (non-hydrogen) atoms. The lowest BCUT2D eigenvalue weighted by atomic mass is 9.92. The largest absolute Gasteiger partial charge is 0.469 e. The van der Waals surface area contributed by atoms with Gasteiger partial charge in [0.2, 0.25) is 0 Å². The van der Waals surface area contributed by atoms with Crippen molar-refractivity contribution in [3.63, 3.8) is 0 Å². The van der Waals surface area contributed by atoms with Crippen molar-refractivity contribution in [3.05, 3.63) is 74.8 Å². The van der Waals surface area contributed by atoms with Gasteiger partial charge in [0.15, 0.2) is 10.8 Å². The van der Waals surface area contributed by atoms with Gasteiger partial charge in [-0.05, 0) is 18.2 Å². The second kappa shape index (κ2) is 8.37. The van der Waals surface area contributed by atoms with Gasteiger partial charge in [-0.1, -0.05) is 17.7 Å². The summed E-state index contributed by atoms with van der Waals surface area (Å²) in [7, 11) is 3.13. The highest BCUT2D eigenvalue weighted by atomic mass is 35.5. The highest BCUT2D eigenvalue weighted by Crippen LogP contribution is 2.41. The smallest absolute Gasteiger partial charge is 0.311 e. The van der Waals surface area contributed by atoms with Crippen LogP contribution in [0.25, 0.3) is 5.57 Å².